The van der Waals surface area contributed by atoms with Crippen LogP contribution in [0.3, 0.4) is 0 Å². The van der Waals surface area contributed by atoms with E-state index >= 15 is 0 Å². The van der Waals surface area contributed by atoms with Gasteiger partial charge in [-0.05, 0) is 29.5 Å². The predicted octanol–water partition coefficient (Wildman–Crippen LogP) is 1.88. The zero-order chi connectivity index (χ0) is 18.3. The Bertz CT molecular complexity index is 1010. The molecule has 26 heavy (non-hydrogen) atoms. The lowest BCUT2D eigenvalue weighted by atomic mass is 9.98. The Morgan fingerprint density at radius 1 is 1.42 bits per heavy atom. The standard InChI is InChI=1S/C19H20N4O3/c1-2-11-9-17(24)22-13(11)10-26-16-5-3-4-12-8-15(19(20)25)23-14(18(12)16)6-7-21-23/h3-8,11,13H,2,9-10H2,1H3,(H2,20,25)(H,22,24)/t11-,13-/m1/s1. The second kappa shape index (κ2) is 6.33. The maximum absolute atomic E-state index is 11.7. The second-order valence-electron chi connectivity index (χ2n) is 6.60. The van der Waals surface area contributed by atoms with E-state index in [0.29, 0.717) is 24.5 Å². The number of amides is 2. The number of nitrogens with one attached hydrogen (secondary N) is 1. The average Bonchev–Trinajstić information content (AvgIpc) is 3.25. The highest BCUT2D eigenvalue weighted by molar-refractivity contribution is 6.05. The summed E-state index contributed by atoms with van der Waals surface area (Å²) >= 11 is 0. The van der Waals surface area contributed by atoms with Gasteiger partial charge < -0.3 is 15.8 Å². The maximum Gasteiger partial charge on any atom is 0.267 e. The summed E-state index contributed by atoms with van der Waals surface area (Å²) in [6.07, 6.45) is 3.11. The fourth-order valence-corrected chi connectivity index (χ4v) is 3.68. The van der Waals surface area contributed by atoms with Crippen molar-refractivity contribution in [2.45, 2.75) is 25.8 Å². The molecule has 1 aromatic carbocycles. The Balaban J connectivity index is 1.73. The first-order chi connectivity index (χ1) is 12.6. The minimum Gasteiger partial charge on any atom is -0.491 e. The molecule has 7 nitrogen and oxygen atoms in total. The lowest BCUT2D eigenvalue weighted by molar-refractivity contribution is -0.119. The molecule has 4 rings (SSSR count). The van der Waals surface area contributed by atoms with E-state index in [9.17, 15) is 9.59 Å². The first-order valence-electron chi connectivity index (χ1n) is 8.70. The molecule has 3 aromatic rings. The molecule has 3 N–H and O–H groups in total. The molecule has 0 bridgehead atoms. The summed E-state index contributed by atoms with van der Waals surface area (Å²) in [4.78, 5) is 23.4. The molecule has 0 spiro atoms. The van der Waals surface area contributed by atoms with Gasteiger partial charge in [0, 0.05) is 11.8 Å². The number of carbonyl (C=O) groups excluding carboxylic acids is 2. The van der Waals surface area contributed by atoms with Crippen molar-refractivity contribution < 1.29 is 14.3 Å². The van der Waals surface area contributed by atoms with Crippen LogP contribution in [0.5, 0.6) is 5.75 Å². The fourth-order valence-electron chi connectivity index (χ4n) is 3.68. The summed E-state index contributed by atoms with van der Waals surface area (Å²) in [7, 11) is 0. The zero-order valence-electron chi connectivity index (χ0n) is 14.4. The van der Waals surface area contributed by atoms with Crippen LogP contribution in [-0.2, 0) is 4.79 Å². The molecule has 0 saturated carbocycles. The van der Waals surface area contributed by atoms with Gasteiger partial charge in [-0.25, -0.2) is 4.52 Å². The molecule has 134 valence electrons. The van der Waals surface area contributed by atoms with Gasteiger partial charge in [0.25, 0.3) is 5.91 Å². The van der Waals surface area contributed by atoms with Crippen molar-refractivity contribution in [1.29, 1.82) is 0 Å². The van der Waals surface area contributed by atoms with Crippen LogP contribution >= 0.6 is 0 Å². The third-order valence-electron chi connectivity index (χ3n) is 5.04. The molecule has 0 radical (unpaired) electrons. The van der Waals surface area contributed by atoms with E-state index < -0.39 is 5.91 Å². The number of hydrogen-bond acceptors (Lipinski definition) is 4. The smallest absolute Gasteiger partial charge is 0.267 e. The highest BCUT2D eigenvalue weighted by Crippen LogP contribution is 2.31. The molecule has 1 fully saturated rings. The highest BCUT2D eigenvalue weighted by atomic mass is 16.5. The van der Waals surface area contributed by atoms with Crippen molar-refractivity contribution in [3.63, 3.8) is 0 Å². The van der Waals surface area contributed by atoms with E-state index in [2.05, 4.69) is 17.3 Å². The number of benzene rings is 1. The van der Waals surface area contributed by atoms with Crippen LogP contribution in [0.15, 0.2) is 36.5 Å². The minimum absolute atomic E-state index is 0.00794. The van der Waals surface area contributed by atoms with Crippen molar-refractivity contribution in [2.24, 2.45) is 11.7 Å². The lowest BCUT2D eigenvalue weighted by Gasteiger charge is -2.19. The number of ether oxygens (including phenoxy) is 1. The summed E-state index contributed by atoms with van der Waals surface area (Å²) in [6, 6.07) is 9.23. The topological polar surface area (TPSA) is 98.7 Å². The molecular weight excluding hydrogens is 332 g/mol. The summed E-state index contributed by atoms with van der Waals surface area (Å²) in [5.74, 6) is 0.521. The fraction of sp³-hybridized carbons (Fsp3) is 0.316. The monoisotopic (exact) mass is 352 g/mol. The van der Waals surface area contributed by atoms with Gasteiger partial charge in [-0.2, -0.15) is 5.10 Å². The number of hydrogen-bond donors (Lipinski definition) is 2. The normalized spacial score (nSPS) is 19.8. The highest BCUT2D eigenvalue weighted by Gasteiger charge is 2.31. The largest absolute Gasteiger partial charge is 0.491 e. The van der Waals surface area contributed by atoms with Crippen LogP contribution in [0.1, 0.15) is 30.3 Å². The van der Waals surface area contributed by atoms with E-state index in [1.54, 1.807) is 12.3 Å². The second-order valence-corrected chi connectivity index (χ2v) is 6.60. The molecule has 1 aliphatic rings. The third kappa shape index (κ3) is 2.65. The van der Waals surface area contributed by atoms with Gasteiger partial charge >= 0.3 is 0 Å². The number of aromatic nitrogens is 2. The molecule has 1 aliphatic heterocycles. The first-order valence-corrected chi connectivity index (χ1v) is 8.70. The Kier molecular flexibility index (Phi) is 3.99. The van der Waals surface area contributed by atoms with Gasteiger partial charge in [0.15, 0.2) is 0 Å². The number of nitrogens with two attached hydrogens (primary N) is 1. The molecule has 2 aromatic heterocycles. The predicted molar refractivity (Wildman–Crippen MR) is 97.0 cm³/mol. The zero-order valence-corrected chi connectivity index (χ0v) is 14.4. The first kappa shape index (κ1) is 16.4. The van der Waals surface area contributed by atoms with E-state index in [1.165, 1.54) is 4.52 Å². The van der Waals surface area contributed by atoms with Crippen LogP contribution in [0.25, 0.3) is 16.3 Å². The van der Waals surface area contributed by atoms with Gasteiger partial charge in [0.2, 0.25) is 5.91 Å². The van der Waals surface area contributed by atoms with Crippen molar-refractivity contribution in [1.82, 2.24) is 14.9 Å². The minimum atomic E-state index is -0.536. The molecule has 2 atom stereocenters. The Morgan fingerprint density at radius 3 is 3.04 bits per heavy atom. The molecule has 0 unspecified atom stereocenters. The summed E-state index contributed by atoms with van der Waals surface area (Å²) < 4.78 is 7.62. The van der Waals surface area contributed by atoms with E-state index in [4.69, 9.17) is 10.5 Å². The Hall–Kier alpha value is -3.09. The van der Waals surface area contributed by atoms with E-state index in [0.717, 1.165) is 22.7 Å². The van der Waals surface area contributed by atoms with Crippen molar-refractivity contribution in [2.75, 3.05) is 6.61 Å². The summed E-state index contributed by atoms with van der Waals surface area (Å²) in [5.41, 5.74) is 6.56. The van der Waals surface area contributed by atoms with Crippen LogP contribution < -0.4 is 15.8 Å². The number of fused-ring (bicyclic) bond motifs is 3. The molecule has 3 heterocycles. The number of nitrogens with zero attached hydrogens (tertiary/aromatic N) is 2. The van der Waals surface area contributed by atoms with Crippen LogP contribution in [0, 0.1) is 5.92 Å². The number of pyridine rings is 1. The van der Waals surface area contributed by atoms with Crippen molar-refractivity contribution in [3.8, 4) is 5.75 Å². The van der Waals surface area contributed by atoms with Crippen molar-refractivity contribution in [3.05, 3.63) is 42.2 Å². The Labute approximate surface area is 150 Å². The van der Waals surface area contributed by atoms with Gasteiger partial charge in [-0.15, -0.1) is 0 Å². The molecule has 1 saturated heterocycles. The summed E-state index contributed by atoms with van der Waals surface area (Å²) in [6.45, 7) is 2.48. The van der Waals surface area contributed by atoms with Crippen LogP contribution in [0.4, 0.5) is 0 Å². The van der Waals surface area contributed by atoms with E-state index in [1.807, 2.05) is 24.3 Å². The van der Waals surface area contributed by atoms with Gasteiger partial charge in [-0.3, -0.25) is 9.59 Å². The van der Waals surface area contributed by atoms with E-state index in [-0.39, 0.29) is 17.9 Å². The molecule has 7 heteroatoms. The molecular formula is C19H20N4O3. The summed E-state index contributed by atoms with van der Waals surface area (Å²) in [5, 5.41) is 8.92. The third-order valence-corrected chi connectivity index (χ3v) is 5.04. The quantitative estimate of drug-likeness (QED) is 0.732. The van der Waals surface area contributed by atoms with Gasteiger partial charge in [0.05, 0.1) is 17.8 Å². The van der Waals surface area contributed by atoms with Gasteiger partial charge in [-0.1, -0.05) is 25.5 Å². The molecule has 0 aliphatic carbocycles. The number of carbonyl (C=O) groups is 2. The molecule has 2 amide bonds. The van der Waals surface area contributed by atoms with Gasteiger partial charge in [0.1, 0.15) is 18.1 Å². The van der Waals surface area contributed by atoms with Crippen LogP contribution in [0.2, 0.25) is 0 Å². The number of rotatable bonds is 5. The SMILES string of the molecule is CC[C@@H]1CC(=O)N[C@@H]1COc1cccc2cc(C(N)=O)n3nccc3c12. The Morgan fingerprint density at radius 2 is 2.27 bits per heavy atom. The lowest BCUT2D eigenvalue weighted by Crippen LogP contribution is -2.34. The average molecular weight is 352 g/mol. The number of primary amides is 1. The van der Waals surface area contributed by atoms with Crippen molar-refractivity contribution >= 4 is 28.1 Å². The maximum atomic E-state index is 11.7. The van der Waals surface area contributed by atoms with Crippen LogP contribution in [-0.4, -0.2) is 34.1 Å².